The van der Waals surface area contributed by atoms with E-state index in [1.165, 1.54) is 37.6 Å². The van der Waals surface area contributed by atoms with Crippen molar-refractivity contribution < 1.29 is 14.6 Å². The van der Waals surface area contributed by atoms with Gasteiger partial charge >= 0.3 is 5.97 Å². The van der Waals surface area contributed by atoms with Gasteiger partial charge in [-0.3, -0.25) is 0 Å². The van der Waals surface area contributed by atoms with Crippen molar-refractivity contribution in [1.29, 1.82) is 0 Å². The standard InChI is InChI=1S/C14H20N2O3/c17-14(18)11-6-7-15-13(10-11)16-8-9-19-12-4-2-1-3-5-12/h6-7,10,12H,1-5,8-9H2,(H,15,16)(H,17,18). The van der Waals surface area contributed by atoms with Crippen LogP contribution in [0.15, 0.2) is 18.3 Å². The van der Waals surface area contributed by atoms with Gasteiger partial charge in [0.2, 0.25) is 0 Å². The van der Waals surface area contributed by atoms with Crippen LogP contribution in [-0.4, -0.2) is 35.3 Å². The first-order valence-electron chi connectivity index (χ1n) is 6.80. The van der Waals surface area contributed by atoms with Crippen molar-refractivity contribution in [3.8, 4) is 0 Å². The second-order valence-corrected chi connectivity index (χ2v) is 4.79. The summed E-state index contributed by atoms with van der Waals surface area (Å²) < 4.78 is 5.78. The summed E-state index contributed by atoms with van der Waals surface area (Å²) in [4.78, 5) is 14.9. The molecular weight excluding hydrogens is 244 g/mol. The Morgan fingerprint density at radius 3 is 2.95 bits per heavy atom. The Morgan fingerprint density at radius 1 is 1.42 bits per heavy atom. The molecule has 0 radical (unpaired) electrons. The third-order valence-electron chi connectivity index (χ3n) is 3.32. The molecule has 2 N–H and O–H groups in total. The smallest absolute Gasteiger partial charge is 0.335 e. The molecule has 1 heterocycles. The van der Waals surface area contributed by atoms with Crippen LogP contribution in [0.4, 0.5) is 5.82 Å². The van der Waals surface area contributed by atoms with E-state index in [2.05, 4.69) is 10.3 Å². The summed E-state index contributed by atoms with van der Waals surface area (Å²) >= 11 is 0. The van der Waals surface area contributed by atoms with Crippen molar-refractivity contribution in [2.75, 3.05) is 18.5 Å². The molecule has 5 nitrogen and oxygen atoms in total. The lowest BCUT2D eigenvalue weighted by Crippen LogP contribution is -2.20. The van der Waals surface area contributed by atoms with Crippen molar-refractivity contribution in [3.05, 3.63) is 23.9 Å². The predicted octanol–water partition coefficient (Wildman–Crippen LogP) is 2.54. The molecule has 1 saturated carbocycles. The first-order valence-corrected chi connectivity index (χ1v) is 6.80. The zero-order valence-electron chi connectivity index (χ0n) is 11.0. The summed E-state index contributed by atoms with van der Waals surface area (Å²) in [6.07, 6.45) is 8.06. The number of carboxylic acid groups (broad SMARTS) is 1. The second kappa shape index (κ2) is 7.09. The highest BCUT2D eigenvalue weighted by atomic mass is 16.5. The minimum Gasteiger partial charge on any atom is -0.478 e. The number of aromatic carboxylic acids is 1. The van der Waals surface area contributed by atoms with Gasteiger partial charge in [-0.25, -0.2) is 9.78 Å². The Balaban J connectivity index is 1.70. The van der Waals surface area contributed by atoms with E-state index in [9.17, 15) is 4.79 Å². The number of rotatable bonds is 6. The summed E-state index contributed by atoms with van der Waals surface area (Å²) in [5.74, 6) is -0.365. The van der Waals surface area contributed by atoms with Crippen LogP contribution in [0.5, 0.6) is 0 Å². The quantitative estimate of drug-likeness (QED) is 0.773. The summed E-state index contributed by atoms with van der Waals surface area (Å²) in [5.41, 5.74) is 0.241. The van der Waals surface area contributed by atoms with E-state index in [0.29, 0.717) is 25.1 Å². The fourth-order valence-electron chi connectivity index (χ4n) is 2.30. The summed E-state index contributed by atoms with van der Waals surface area (Å²) in [5, 5.41) is 12.0. The third-order valence-corrected chi connectivity index (χ3v) is 3.32. The average Bonchev–Trinajstić information content (AvgIpc) is 2.45. The second-order valence-electron chi connectivity index (χ2n) is 4.79. The van der Waals surface area contributed by atoms with Gasteiger partial charge in [0.25, 0.3) is 0 Å². The molecule has 1 aromatic rings. The molecule has 1 aliphatic rings. The molecule has 0 spiro atoms. The fraction of sp³-hybridized carbons (Fsp3) is 0.571. The van der Waals surface area contributed by atoms with Crippen LogP contribution < -0.4 is 5.32 Å². The largest absolute Gasteiger partial charge is 0.478 e. The summed E-state index contributed by atoms with van der Waals surface area (Å²) in [7, 11) is 0. The van der Waals surface area contributed by atoms with E-state index in [-0.39, 0.29) is 5.56 Å². The molecule has 0 atom stereocenters. The highest BCUT2D eigenvalue weighted by Crippen LogP contribution is 2.20. The van der Waals surface area contributed by atoms with Crippen LogP contribution in [0.2, 0.25) is 0 Å². The SMILES string of the molecule is O=C(O)c1ccnc(NCCOC2CCCCC2)c1. The fourth-order valence-corrected chi connectivity index (χ4v) is 2.30. The topological polar surface area (TPSA) is 71.5 Å². The number of hydrogen-bond acceptors (Lipinski definition) is 4. The van der Waals surface area contributed by atoms with Gasteiger partial charge in [0.15, 0.2) is 0 Å². The van der Waals surface area contributed by atoms with Gasteiger partial charge in [-0.15, -0.1) is 0 Å². The summed E-state index contributed by atoms with van der Waals surface area (Å²) in [6, 6.07) is 3.01. The van der Waals surface area contributed by atoms with Crippen LogP contribution in [0, 0.1) is 0 Å². The van der Waals surface area contributed by atoms with Crippen LogP contribution in [0.25, 0.3) is 0 Å². The molecule has 5 heteroatoms. The van der Waals surface area contributed by atoms with Gasteiger partial charge < -0.3 is 15.2 Å². The molecule has 0 amide bonds. The number of nitrogens with one attached hydrogen (secondary N) is 1. The highest BCUT2D eigenvalue weighted by molar-refractivity contribution is 5.88. The lowest BCUT2D eigenvalue weighted by Gasteiger charge is -2.22. The Morgan fingerprint density at radius 2 is 2.21 bits per heavy atom. The number of ether oxygens (including phenoxy) is 1. The number of hydrogen-bond donors (Lipinski definition) is 2. The third kappa shape index (κ3) is 4.52. The van der Waals surface area contributed by atoms with E-state index >= 15 is 0 Å². The molecule has 0 saturated heterocycles. The van der Waals surface area contributed by atoms with Gasteiger partial charge in [-0.1, -0.05) is 19.3 Å². The maximum absolute atomic E-state index is 10.8. The molecule has 0 unspecified atom stereocenters. The van der Waals surface area contributed by atoms with Crippen LogP contribution in [-0.2, 0) is 4.74 Å². The molecule has 0 aliphatic heterocycles. The maximum atomic E-state index is 10.8. The number of pyridine rings is 1. The average molecular weight is 264 g/mol. The lowest BCUT2D eigenvalue weighted by molar-refractivity contribution is 0.0347. The van der Waals surface area contributed by atoms with E-state index in [1.54, 1.807) is 0 Å². The molecule has 104 valence electrons. The molecule has 0 aromatic carbocycles. The maximum Gasteiger partial charge on any atom is 0.335 e. The molecule has 1 aliphatic carbocycles. The van der Waals surface area contributed by atoms with Gasteiger partial charge in [-0.05, 0) is 25.0 Å². The molecule has 2 rings (SSSR count). The van der Waals surface area contributed by atoms with Gasteiger partial charge in [0.1, 0.15) is 5.82 Å². The predicted molar refractivity (Wildman–Crippen MR) is 72.5 cm³/mol. The first kappa shape index (κ1) is 13.8. The molecular formula is C14H20N2O3. The molecule has 1 aromatic heterocycles. The van der Waals surface area contributed by atoms with Crippen LogP contribution >= 0.6 is 0 Å². The van der Waals surface area contributed by atoms with E-state index < -0.39 is 5.97 Å². The number of carboxylic acids is 1. The van der Waals surface area contributed by atoms with Crippen molar-refractivity contribution in [2.24, 2.45) is 0 Å². The van der Waals surface area contributed by atoms with Gasteiger partial charge in [-0.2, -0.15) is 0 Å². The number of nitrogens with zero attached hydrogens (tertiary/aromatic N) is 1. The normalized spacial score (nSPS) is 16.2. The minimum atomic E-state index is -0.941. The van der Waals surface area contributed by atoms with E-state index in [1.807, 2.05) is 0 Å². The zero-order valence-corrected chi connectivity index (χ0v) is 11.0. The van der Waals surface area contributed by atoms with Gasteiger partial charge in [0, 0.05) is 12.7 Å². The van der Waals surface area contributed by atoms with Crippen molar-refractivity contribution >= 4 is 11.8 Å². The van der Waals surface area contributed by atoms with Crippen LogP contribution in [0.1, 0.15) is 42.5 Å². The molecule has 1 fully saturated rings. The number of anilines is 1. The monoisotopic (exact) mass is 264 g/mol. The van der Waals surface area contributed by atoms with Crippen molar-refractivity contribution in [2.45, 2.75) is 38.2 Å². The Kier molecular flexibility index (Phi) is 5.15. The van der Waals surface area contributed by atoms with Crippen molar-refractivity contribution in [1.82, 2.24) is 4.98 Å². The lowest BCUT2D eigenvalue weighted by atomic mass is 9.98. The molecule has 19 heavy (non-hydrogen) atoms. The van der Waals surface area contributed by atoms with Crippen molar-refractivity contribution in [3.63, 3.8) is 0 Å². The van der Waals surface area contributed by atoms with E-state index in [4.69, 9.17) is 9.84 Å². The Hall–Kier alpha value is -1.62. The summed E-state index contributed by atoms with van der Waals surface area (Å²) in [6.45, 7) is 1.27. The van der Waals surface area contributed by atoms with E-state index in [0.717, 1.165) is 12.8 Å². The van der Waals surface area contributed by atoms with Gasteiger partial charge in [0.05, 0.1) is 18.3 Å². The minimum absolute atomic E-state index is 0.241. The Labute approximate surface area is 113 Å². The Bertz CT molecular complexity index is 417. The number of carbonyl (C=O) groups is 1. The highest BCUT2D eigenvalue weighted by Gasteiger charge is 2.13. The number of aromatic nitrogens is 1. The first-order chi connectivity index (χ1) is 9.25. The molecule has 0 bridgehead atoms. The van der Waals surface area contributed by atoms with Crippen LogP contribution in [0.3, 0.4) is 0 Å². The zero-order chi connectivity index (χ0) is 13.5.